The smallest absolute Gasteiger partial charge is 0.406 e. The number of halogens is 3. The molecule has 0 fully saturated rings. The second-order valence-electron chi connectivity index (χ2n) is 5.97. The number of hydrogen-bond acceptors (Lipinski definition) is 4. The van der Waals surface area contributed by atoms with Crippen LogP contribution in [0.2, 0.25) is 0 Å². The molecule has 0 radical (unpaired) electrons. The predicted molar refractivity (Wildman–Crippen MR) is 95.3 cm³/mol. The van der Waals surface area contributed by atoms with Crippen LogP contribution >= 0.6 is 0 Å². The molecule has 4 rings (SSSR count). The van der Waals surface area contributed by atoms with Gasteiger partial charge in [-0.05, 0) is 31.2 Å². The van der Waals surface area contributed by atoms with Crippen LogP contribution in [0, 0.1) is 0 Å². The topological polar surface area (TPSA) is 77.7 Å². The summed E-state index contributed by atoms with van der Waals surface area (Å²) in [4.78, 5) is 17.4. The fraction of sp³-hybridized carbons (Fsp3) is 0.167. The second-order valence-corrected chi connectivity index (χ2v) is 5.97. The molecule has 3 heterocycles. The standard InChI is InChI=1S/C18H14F3N5O2/c1-2-25-10-22-15-14(11-7-23-24-8-11)9-26(17(27)16(15)25)12-3-5-13(6-4-12)28-18(19,20)21/h3-10H,2H2,1H3,(H,23,24). The zero-order chi connectivity index (χ0) is 19.9. The van der Waals surface area contributed by atoms with Gasteiger partial charge in [0.05, 0.1) is 12.5 Å². The average molecular weight is 389 g/mol. The highest BCUT2D eigenvalue weighted by molar-refractivity contribution is 5.91. The number of nitrogens with zero attached hydrogens (tertiary/aromatic N) is 4. The van der Waals surface area contributed by atoms with E-state index in [0.717, 1.165) is 17.7 Å². The van der Waals surface area contributed by atoms with E-state index >= 15 is 0 Å². The minimum absolute atomic E-state index is 0.328. The molecule has 1 aromatic carbocycles. The quantitative estimate of drug-likeness (QED) is 0.580. The Morgan fingerprint density at radius 2 is 1.96 bits per heavy atom. The molecule has 0 bridgehead atoms. The fourth-order valence-electron chi connectivity index (χ4n) is 3.02. The van der Waals surface area contributed by atoms with E-state index in [0.29, 0.717) is 28.8 Å². The van der Waals surface area contributed by atoms with Gasteiger partial charge in [0.1, 0.15) is 16.8 Å². The van der Waals surface area contributed by atoms with Crippen LogP contribution in [0.3, 0.4) is 0 Å². The van der Waals surface area contributed by atoms with Crippen LogP contribution in [0.1, 0.15) is 6.92 Å². The lowest BCUT2D eigenvalue weighted by atomic mass is 10.1. The van der Waals surface area contributed by atoms with Gasteiger partial charge in [0.25, 0.3) is 5.56 Å². The second kappa shape index (κ2) is 6.55. The zero-order valence-corrected chi connectivity index (χ0v) is 14.6. The average Bonchev–Trinajstić information content (AvgIpc) is 3.31. The molecule has 3 aromatic heterocycles. The van der Waals surface area contributed by atoms with E-state index in [4.69, 9.17) is 0 Å². The van der Waals surface area contributed by atoms with Crippen LogP contribution in [-0.4, -0.2) is 30.7 Å². The van der Waals surface area contributed by atoms with Gasteiger partial charge in [-0.25, -0.2) is 4.98 Å². The molecule has 0 atom stereocenters. The molecule has 0 saturated heterocycles. The molecule has 0 saturated carbocycles. The van der Waals surface area contributed by atoms with Crippen LogP contribution in [0.15, 0.2) is 54.0 Å². The van der Waals surface area contributed by atoms with Crippen molar-refractivity contribution in [3.05, 3.63) is 59.5 Å². The van der Waals surface area contributed by atoms with Crippen LogP contribution in [0.4, 0.5) is 13.2 Å². The summed E-state index contributed by atoms with van der Waals surface area (Å²) in [7, 11) is 0. The molecule has 0 spiro atoms. The van der Waals surface area contributed by atoms with Crippen LogP contribution in [0.25, 0.3) is 27.8 Å². The number of benzene rings is 1. The summed E-state index contributed by atoms with van der Waals surface area (Å²) in [6.07, 6.45) is 1.69. The highest BCUT2D eigenvalue weighted by Crippen LogP contribution is 2.27. The van der Waals surface area contributed by atoms with Gasteiger partial charge in [0.2, 0.25) is 0 Å². The molecule has 0 amide bonds. The van der Waals surface area contributed by atoms with Gasteiger partial charge < -0.3 is 9.30 Å². The monoisotopic (exact) mass is 389 g/mol. The summed E-state index contributed by atoms with van der Waals surface area (Å²) in [5.41, 5.74) is 2.41. The maximum absolute atomic E-state index is 13.1. The van der Waals surface area contributed by atoms with Crippen molar-refractivity contribution in [1.82, 2.24) is 24.3 Å². The first-order valence-electron chi connectivity index (χ1n) is 8.33. The van der Waals surface area contributed by atoms with Gasteiger partial charge in [-0.2, -0.15) is 5.10 Å². The Labute approximate surface area is 156 Å². The number of rotatable bonds is 4. The lowest BCUT2D eigenvalue weighted by Gasteiger charge is -2.12. The van der Waals surface area contributed by atoms with Crippen molar-refractivity contribution in [1.29, 1.82) is 0 Å². The van der Waals surface area contributed by atoms with Crippen LogP contribution in [0.5, 0.6) is 5.75 Å². The maximum Gasteiger partial charge on any atom is 0.573 e. The van der Waals surface area contributed by atoms with Gasteiger partial charge >= 0.3 is 6.36 Å². The molecule has 0 aliphatic heterocycles. The number of ether oxygens (including phenoxy) is 1. The Kier molecular flexibility index (Phi) is 4.17. The summed E-state index contributed by atoms with van der Waals surface area (Å²) in [5.74, 6) is -0.362. The minimum atomic E-state index is -4.78. The molecule has 144 valence electrons. The summed E-state index contributed by atoms with van der Waals surface area (Å²) in [6, 6.07) is 5.10. The van der Waals surface area contributed by atoms with E-state index in [1.165, 1.54) is 16.7 Å². The molecule has 4 aromatic rings. The molecule has 28 heavy (non-hydrogen) atoms. The van der Waals surface area contributed by atoms with E-state index < -0.39 is 6.36 Å². The molecular formula is C18H14F3N5O2. The SMILES string of the molecule is CCn1cnc2c(-c3cn[nH]c3)cn(-c3ccc(OC(F)(F)F)cc3)c(=O)c21. The first kappa shape index (κ1) is 17.8. The lowest BCUT2D eigenvalue weighted by Crippen LogP contribution is -2.21. The normalized spacial score (nSPS) is 11.9. The first-order chi connectivity index (χ1) is 13.4. The fourth-order valence-corrected chi connectivity index (χ4v) is 3.02. The number of aryl methyl sites for hydroxylation is 1. The highest BCUT2D eigenvalue weighted by atomic mass is 19.4. The first-order valence-corrected chi connectivity index (χ1v) is 8.33. The minimum Gasteiger partial charge on any atom is -0.406 e. The third kappa shape index (κ3) is 3.13. The van der Waals surface area contributed by atoms with Crippen molar-refractivity contribution in [3.63, 3.8) is 0 Å². The summed E-state index contributed by atoms with van der Waals surface area (Å²) >= 11 is 0. The van der Waals surface area contributed by atoms with E-state index in [1.54, 1.807) is 29.5 Å². The number of imidazole rings is 1. The third-order valence-corrected chi connectivity index (χ3v) is 4.27. The van der Waals surface area contributed by atoms with Crippen molar-refractivity contribution in [2.45, 2.75) is 19.8 Å². The number of hydrogen-bond donors (Lipinski definition) is 1. The zero-order valence-electron chi connectivity index (χ0n) is 14.6. The molecule has 1 N–H and O–H groups in total. The van der Waals surface area contributed by atoms with Crippen molar-refractivity contribution < 1.29 is 17.9 Å². The van der Waals surface area contributed by atoms with Crippen LogP contribution < -0.4 is 10.3 Å². The molecule has 0 aliphatic carbocycles. The van der Waals surface area contributed by atoms with E-state index in [9.17, 15) is 18.0 Å². The number of aromatic nitrogens is 5. The third-order valence-electron chi connectivity index (χ3n) is 4.27. The lowest BCUT2D eigenvalue weighted by molar-refractivity contribution is -0.274. The van der Waals surface area contributed by atoms with Gasteiger partial charge in [-0.1, -0.05) is 0 Å². The van der Waals surface area contributed by atoms with Crippen molar-refractivity contribution in [2.24, 2.45) is 0 Å². The molecular weight excluding hydrogens is 375 g/mol. The Bertz CT molecular complexity index is 1180. The molecule has 7 nitrogen and oxygen atoms in total. The maximum atomic E-state index is 13.1. The number of pyridine rings is 1. The summed E-state index contributed by atoms with van der Waals surface area (Å²) in [5, 5.41) is 6.65. The number of fused-ring (bicyclic) bond motifs is 1. The van der Waals surface area contributed by atoms with Crippen molar-refractivity contribution >= 4 is 11.0 Å². The van der Waals surface area contributed by atoms with E-state index in [1.807, 2.05) is 6.92 Å². The van der Waals surface area contributed by atoms with Gasteiger partial charge in [-0.3, -0.25) is 14.5 Å². The Hall–Kier alpha value is -3.56. The van der Waals surface area contributed by atoms with E-state index in [2.05, 4.69) is 19.9 Å². The van der Waals surface area contributed by atoms with Crippen molar-refractivity contribution in [2.75, 3.05) is 0 Å². The summed E-state index contributed by atoms with van der Waals surface area (Å²) < 4.78 is 44.1. The molecule has 0 aliphatic rings. The predicted octanol–water partition coefficient (Wildman–Crippen LogP) is 3.50. The number of aromatic amines is 1. The molecule has 10 heteroatoms. The number of H-pyrrole nitrogens is 1. The summed E-state index contributed by atoms with van der Waals surface area (Å²) in [6.45, 7) is 2.43. The highest BCUT2D eigenvalue weighted by Gasteiger charge is 2.31. The van der Waals surface area contributed by atoms with Gasteiger partial charge in [-0.15, -0.1) is 13.2 Å². The Morgan fingerprint density at radius 3 is 2.57 bits per heavy atom. The largest absolute Gasteiger partial charge is 0.573 e. The van der Waals surface area contributed by atoms with Gasteiger partial charge in [0.15, 0.2) is 0 Å². The molecule has 0 unspecified atom stereocenters. The Balaban J connectivity index is 1.90. The van der Waals surface area contributed by atoms with Crippen LogP contribution in [-0.2, 0) is 6.54 Å². The Morgan fingerprint density at radius 1 is 1.21 bits per heavy atom. The van der Waals surface area contributed by atoms with Gasteiger partial charge in [0, 0.05) is 35.8 Å². The van der Waals surface area contributed by atoms with Crippen molar-refractivity contribution in [3.8, 4) is 22.6 Å². The number of alkyl halides is 3. The number of nitrogens with one attached hydrogen (secondary N) is 1. The van der Waals surface area contributed by atoms with E-state index in [-0.39, 0.29) is 11.3 Å².